The normalized spacial score (nSPS) is 14.5. The van der Waals surface area contributed by atoms with Crippen molar-refractivity contribution in [3.05, 3.63) is 68.7 Å². The van der Waals surface area contributed by atoms with Gasteiger partial charge in [-0.25, -0.2) is 8.78 Å². The van der Waals surface area contributed by atoms with E-state index in [0.717, 1.165) is 23.3 Å². The monoisotopic (exact) mass is 385 g/mol. The maximum Gasteiger partial charge on any atom is 0.159 e. The van der Waals surface area contributed by atoms with Crippen molar-refractivity contribution in [2.24, 2.45) is 0 Å². The zero-order valence-electron chi connectivity index (χ0n) is 13.0. The van der Waals surface area contributed by atoms with Crippen LogP contribution in [0.25, 0.3) is 6.08 Å². The number of benzene rings is 2. The summed E-state index contributed by atoms with van der Waals surface area (Å²) < 4.78 is 31.8. The predicted molar refractivity (Wildman–Crippen MR) is 94.1 cm³/mol. The van der Waals surface area contributed by atoms with Crippen molar-refractivity contribution in [2.75, 3.05) is 19.7 Å². The predicted octanol–water partition coefficient (Wildman–Crippen LogP) is 4.37. The second-order valence-electron chi connectivity index (χ2n) is 5.72. The van der Waals surface area contributed by atoms with Crippen molar-refractivity contribution in [1.82, 2.24) is 5.32 Å². The highest BCUT2D eigenvalue weighted by atomic mass is 35.5. The van der Waals surface area contributed by atoms with E-state index >= 15 is 0 Å². The van der Waals surface area contributed by atoms with Crippen LogP contribution in [0.3, 0.4) is 0 Å². The third kappa shape index (κ3) is 4.30. The summed E-state index contributed by atoms with van der Waals surface area (Å²) in [7, 11) is 0. The molecule has 1 aliphatic heterocycles. The summed E-state index contributed by atoms with van der Waals surface area (Å²) in [5.74, 6) is -1.33. The molecule has 3 nitrogen and oxygen atoms in total. The lowest BCUT2D eigenvalue weighted by molar-refractivity contribution is 0.175. The van der Waals surface area contributed by atoms with Crippen LogP contribution in [0.2, 0.25) is 10.0 Å². The molecular weight excluding hydrogens is 371 g/mol. The molecule has 0 radical (unpaired) electrons. The highest BCUT2D eigenvalue weighted by molar-refractivity contribution is 6.36. The molecule has 0 saturated carbocycles. The molecule has 0 aromatic heterocycles. The standard InChI is InChI=1S/C18H15Cl2F2NO2/c19-13-4-12-3-10(9-25-18(12)14(20)6-13)7-23-8-17(24)11-1-2-15(21)16(22)5-11/h1-6,17,23-24H,7-9H2. The van der Waals surface area contributed by atoms with E-state index in [1.165, 1.54) is 6.07 Å². The maximum atomic E-state index is 13.2. The zero-order chi connectivity index (χ0) is 18.0. The van der Waals surface area contributed by atoms with Crippen molar-refractivity contribution >= 4 is 29.3 Å². The van der Waals surface area contributed by atoms with Gasteiger partial charge in [0.05, 0.1) is 11.1 Å². The van der Waals surface area contributed by atoms with Gasteiger partial charge in [-0.1, -0.05) is 29.3 Å². The van der Waals surface area contributed by atoms with Gasteiger partial charge in [0.25, 0.3) is 0 Å². The third-order valence-electron chi connectivity index (χ3n) is 3.82. The van der Waals surface area contributed by atoms with Crippen molar-refractivity contribution in [3.8, 4) is 5.75 Å². The zero-order valence-corrected chi connectivity index (χ0v) is 14.5. The summed E-state index contributed by atoms with van der Waals surface area (Å²) in [6, 6.07) is 6.73. The average Bonchev–Trinajstić information content (AvgIpc) is 2.56. The summed E-state index contributed by atoms with van der Waals surface area (Å²) in [5.41, 5.74) is 2.05. The first-order valence-electron chi connectivity index (χ1n) is 7.59. The minimum atomic E-state index is -0.981. The molecule has 1 unspecified atom stereocenters. The Morgan fingerprint density at radius 1 is 1.16 bits per heavy atom. The van der Waals surface area contributed by atoms with Crippen LogP contribution in [0.4, 0.5) is 8.78 Å². The molecule has 0 spiro atoms. The molecule has 25 heavy (non-hydrogen) atoms. The van der Waals surface area contributed by atoms with Crippen molar-refractivity contribution in [3.63, 3.8) is 0 Å². The van der Waals surface area contributed by atoms with Gasteiger partial charge in [-0.05, 0) is 41.5 Å². The fraction of sp³-hybridized carbons (Fsp3) is 0.222. The molecule has 7 heteroatoms. The number of hydrogen-bond acceptors (Lipinski definition) is 3. The van der Waals surface area contributed by atoms with Gasteiger partial charge >= 0.3 is 0 Å². The summed E-state index contributed by atoms with van der Waals surface area (Å²) in [5, 5.41) is 14.1. The number of aliphatic hydroxyl groups is 1. The number of ether oxygens (including phenoxy) is 1. The van der Waals surface area contributed by atoms with Crippen molar-refractivity contribution < 1.29 is 18.6 Å². The largest absolute Gasteiger partial charge is 0.487 e. The minimum absolute atomic E-state index is 0.186. The van der Waals surface area contributed by atoms with Crippen LogP contribution >= 0.6 is 23.2 Å². The van der Waals surface area contributed by atoms with Crippen molar-refractivity contribution in [1.29, 1.82) is 0 Å². The smallest absolute Gasteiger partial charge is 0.159 e. The molecule has 3 rings (SSSR count). The fourth-order valence-electron chi connectivity index (χ4n) is 2.58. The topological polar surface area (TPSA) is 41.5 Å². The van der Waals surface area contributed by atoms with Crippen LogP contribution in [0.5, 0.6) is 5.75 Å². The number of hydrogen-bond donors (Lipinski definition) is 2. The number of rotatable bonds is 5. The quantitative estimate of drug-likeness (QED) is 0.802. The molecule has 1 heterocycles. The Hall–Kier alpha value is -1.66. The molecule has 0 amide bonds. The summed E-state index contributed by atoms with van der Waals surface area (Å²) in [4.78, 5) is 0. The molecule has 2 N–H and O–H groups in total. The van der Waals surface area contributed by atoms with E-state index < -0.39 is 17.7 Å². The van der Waals surface area contributed by atoms with Crippen LogP contribution < -0.4 is 10.1 Å². The van der Waals surface area contributed by atoms with E-state index in [2.05, 4.69) is 5.32 Å². The first-order valence-corrected chi connectivity index (χ1v) is 8.34. The highest BCUT2D eigenvalue weighted by Gasteiger charge is 2.16. The van der Waals surface area contributed by atoms with Gasteiger partial charge < -0.3 is 15.2 Å². The molecule has 132 valence electrons. The van der Waals surface area contributed by atoms with Gasteiger partial charge in [-0.3, -0.25) is 0 Å². The van der Waals surface area contributed by atoms with Crippen LogP contribution in [0, 0.1) is 11.6 Å². The average molecular weight is 386 g/mol. The second-order valence-corrected chi connectivity index (χ2v) is 6.56. The number of fused-ring (bicyclic) bond motifs is 1. The Morgan fingerprint density at radius 2 is 1.96 bits per heavy atom. The molecule has 1 aliphatic rings. The Bertz CT molecular complexity index is 827. The molecule has 1 atom stereocenters. The molecule has 2 aromatic rings. The summed E-state index contributed by atoms with van der Waals surface area (Å²) in [6.07, 6.45) is 0.976. The van der Waals surface area contributed by atoms with E-state index in [-0.39, 0.29) is 6.54 Å². The summed E-state index contributed by atoms with van der Waals surface area (Å²) >= 11 is 12.1. The van der Waals surface area contributed by atoms with E-state index in [9.17, 15) is 13.9 Å². The number of nitrogens with one attached hydrogen (secondary N) is 1. The van der Waals surface area contributed by atoms with Gasteiger partial charge in [0.15, 0.2) is 11.6 Å². The van der Waals surface area contributed by atoms with E-state index in [4.69, 9.17) is 27.9 Å². The Morgan fingerprint density at radius 3 is 2.72 bits per heavy atom. The lowest BCUT2D eigenvalue weighted by Crippen LogP contribution is -2.26. The van der Waals surface area contributed by atoms with Crippen LogP contribution in [-0.4, -0.2) is 24.8 Å². The summed E-state index contributed by atoms with van der Waals surface area (Å²) in [6.45, 7) is 1.01. The van der Waals surface area contributed by atoms with Gasteiger partial charge in [0, 0.05) is 23.7 Å². The molecule has 2 aromatic carbocycles. The minimum Gasteiger partial charge on any atom is -0.487 e. The Balaban J connectivity index is 1.60. The number of aliphatic hydroxyl groups excluding tert-OH is 1. The van der Waals surface area contributed by atoms with Gasteiger partial charge in [-0.2, -0.15) is 0 Å². The fourth-order valence-corrected chi connectivity index (χ4v) is 3.14. The Labute approximate surface area is 153 Å². The first kappa shape index (κ1) is 18.1. The van der Waals surface area contributed by atoms with E-state index in [1.54, 1.807) is 12.1 Å². The van der Waals surface area contributed by atoms with Gasteiger partial charge in [0.2, 0.25) is 0 Å². The Kier molecular flexibility index (Phi) is 5.59. The lowest BCUT2D eigenvalue weighted by Gasteiger charge is -2.20. The van der Waals surface area contributed by atoms with Crippen LogP contribution in [-0.2, 0) is 0 Å². The van der Waals surface area contributed by atoms with E-state index in [1.807, 2.05) is 6.08 Å². The van der Waals surface area contributed by atoms with Crippen LogP contribution in [0.15, 0.2) is 35.9 Å². The van der Waals surface area contributed by atoms with Crippen molar-refractivity contribution in [2.45, 2.75) is 6.10 Å². The SMILES string of the molecule is OC(CNCC1=Cc2cc(Cl)cc(Cl)c2OC1)c1ccc(F)c(F)c1. The molecule has 0 aliphatic carbocycles. The maximum absolute atomic E-state index is 13.2. The second kappa shape index (κ2) is 7.70. The first-order chi connectivity index (χ1) is 11.9. The van der Waals surface area contributed by atoms with E-state index in [0.29, 0.717) is 34.5 Å². The molecule has 0 saturated heterocycles. The van der Waals surface area contributed by atoms with Gasteiger partial charge in [0.1, 0.15) is 12.4 Å². The third-order valence-corrected chi connectivity index (χ3v) is 4.32. The number of halogens is 4. The molecule has 0 bridgehead atoms. The van der Waals surface area contributed by atoms with Gasteiger partial charge in [-0.15, -0.1) is 0 Å². The molecular formula is C18H15Cl2F2NO2. The molecule has 0 fully saturated rings. The van der Waals surface area contributed by atoms with Crippen LogP contribution in [0.1, 0.15) is 17.2 Å². The lowest BCUT2D eigenvalue weighted by atomic mass is 10.1. The highest BCUT2D eigenvalue weighted by Crippen LogP contribution is 2.36.